The van der Waals surface area contributed by atoms with Gasteiger partial charge in [-0.2, -0.15) is 5.10 Å². The van der Waals surface area contributed by atoms with Crippen LogP contribution in [-0.2, 0) is 22.6 Å². The Labute approximate surface area is 166 Å². The number of aromatic nitrogens is 2. The fourth-order valence-electron chi connectivity index (χ4n) is 3.47. The number of benzene rings is 1. The maximum atomic E-state index is 12.4. The fraction of sp³-hybridized carbons (Fsp3) is 0.476. The first-order valence-corrected chi connectivity index (χ1v) is 10.0. The Hall–Kier alpha value is -2.67. The van der Waals surface area contributed by atoms with Crippen molar-refractivity contribution in [3.63, 3.8) is 0 Å². The molecule has 1 aromatic carbocycles. The number of carbonyl (C=O) groups is 2. The molecular weight excluding hydrogens is 354 g/mol. The van der Waals surface area contributed by atoms with E-state index in [-0.39, 0.29) is 17.7 Å². The lowest BCUT2D eigenvalue weighted by Crippen LogP contribution is -2.41. The largest absolute Gasteiger partial charge is 0.325 e. The molecule has 1 saturated heterocycles. The molecule has 0 bridgehead atoms. The summed E-state index contributed by atoms with van der Waals surface area (Å²) in [5.74, 6) is 0.00444. The zero-order chi connectivity index (χ0) is 19.9. The maximum absolute atomic E-state index is 12.4. The van der Waals surface area contributed by atoms with Crippen LogP contribution < -0.4 is 10.6 Å². The van der Waals surface area contributed by atoms with E-state index in [1.165, 1.54) is 5.56 Å². The third kappa shape index (κ3) is 5.42. The van der Waals surface area contributed by atoms with Crippen molar-refractivity contribution in [2.75, 3.05) is 30.3 Å². The van der Waals surface area contributed by atoms with Gasteiger partial charge in [0.05, 0.1) is 18.4 Å². The summed E-state index contributed by atoms with van der Waals surface area (Å²) in [6, 6.07) is 7.94. The molecule has 3 rings (SSSR count). The predicted molar refractivity (Wildman–Crippen MR) is 110 cm³/mol. The summed E-state index contributed by atoms with van der Waals surface area (Å²) in [5.41, 5.74) is 2.78. The van der Waals surface area contributed by atoms with E-state index in [0.717, 1.165) is 50.3 Å². The number of piperidine rings is 1. The second-order valence-electron chi connectivity index (χ2n) is 7.23. The summed E-state index contributed by atoms with van der Waals surface area (Å²) in [5, 5.41) is 10.1. The molecule has 0 aliphatic carbocycles. The van der Waals surface area contributed by atoms with Crippen LogP contribution in [0.5, 0.6) is 0 Å². The molecule has 0 atom stereocenters. The van der Waals surface area contributed by atoms with E-state index in [2.05, 4.69) is 33.6 Å². The highest BCUT2D eigenvalue weighted by Gasteiger charge is 2.26. The number of amides is 2. The number of carbonyl (C=O) groups excluding carboxylic acids is 2. The number of aryl methyl sites for hydroxylation is 2. The minimum absolute atomic E-state index is 0.0110. The molecule has 1 fully saturated rings. The molecular formula is C21H29N5O2. The van der Waals surface area contributed by atoms with Gasteiger partial charge in [-0.05, 0) is 57.0 Å². The third-order valence-electron chi connectivity index (χ3n) is 5.17. The smallest absolute Gasteiger partial charge is 0.238 e. The molecule has 2 heterocycles. The topological polar surface area (TPSA) is 79.3 Å². The highest BCUT2D eigenvalue weighted by Crippen LogP contribution is 2.19. The number of hydrogen-bond donors (Lipinski definition) is 2. The first kappa shape index (κ1) is 20.1. The molecule has 0 saturated carbocycles. The van der Waals surface area contributed by atoms with Gasteiger partial charge in [-0.25, -0.2) is 0 Å². The van der Waals surface area contributed by atoms with Crippen LogP contribution in [0.4, 0.5) is 11.4 Å². The maximum Gasteiger partial charge on any atom is 0.238 e. The number of rotatable bonds is 7. The molecule has 1 aromatic heterocycles. The van der Waals surface area contributed by atoms with Gasteiger partial charge in [-0.15, -0.1) is 0 Å². The lowest BCUT2D eigenvalue weighted by molar-refractivity contribution is -0.121. The first-order chi connectivity index (χ1) is 13.6. The van der Waals surface area contributed by atoms with Gasteiger partial charge < -0.3 is 10.6 Å². The van der Waals surface area contributed by atoms with Gasteiger partial charge in [0.15, 0.2) is 0 Å². The summed E-state index contributed by atoms with van der Waals surface area (Å²) in [6.45, 7) is 6.72. The second kappa shape index (κ2) is 9.50. The normalized spacial score (nSPS) is 15.4. The molecule has 0 radical (unpaired) electrons. The minimum atomic E-state index is -0.0227. The van der Waals surface area contributed by atoms with Crippen LogP contribution >= 0.6 is 0 Å². The standard InChI is InChI=1S/C21H29N5O2/c1-3-16-6-5-7-18(12-16)23-20(27)15-25-10-8-17(9-11-25)21(28)24-19-13-22-26(4-2)14-19/h5-7,12-14,17H,3-4,8-11,15H2,1-2H3,(H,23,27)(H,24,28). The molecule has 28 heavy (non-hydrogen) atoms. The molecule has 2 aromatic rings. The van der Waals surface area contributed by atoms with Gasteiger partial charge in [0.25, 0.3) is 0 Å². The van der Waals surface area contributed by atoms with E-state index in [9.17, 15) is 9.59 Å². The van der Waals surface area contributed by atoms with E-state index in [4.69, 9.17) is 0 Å². The van der Waals surface area contributed by atoms with Gasteiger partial charge >= 0.3 is 0 Å². The van der Waals surface area contributed by atoms with E-state index >= 15 is 0 Å². The van der Waals surface area contributed by atoms with Crippen LogP contribution in [0.25, 0.3) is 0 Å². The highest BCUT2D eigenvalue weighted by atomic mass is 16.2. The van der Waals surface area contributed by atoms with Crippen LogP contribution in [0.2, 0.25) is 0 Å². The van der Waals surface area contributed by atoms with Crippen molar-refractivity contribution in [3.8, 4) is 0 Å². The van der Waals surface area contributed by atoms with Crippen molar-refractivity contribution in [3.05, 3.63) is 42.2 Å². The van der Waals surface area contributed by atoms with Crippen molar-refractivity contribution in [1.82, 2.24) is 14.7 Å². The Morgan fingerprint density at radius 1 is 1.14 bits per heavy atom. The zero-order valence-electron chi connectivity index (χ0n) is 16.6. The summed E-state index contributed by atoms with van der Waals surface area (Å²) >= 11 is 0. The molecule has 2 amide bonds. The Morgan fingerprint density at radius 3 is 2.61 bits per heavy atom. The van der Waals surface area contributed by atoms with E-state index < -0.39 is 0 Å². The van der Waals surface area contributed by atoms with Crippen LogP contribution in [0.15, 0.2) is 36.7 Å². The SMILES string of the molecule is CCc1cccc(NC(=O)CN2CCC(C(=O)Nc3cnn(CC)c3)CC2)c1. The molecule has 2 N–H and O–H groups in total. The van der Waals surface area contributed by atoms with Gasteiger partial charge in [0, 0.05) is 24.3 Å². The van der Waals surface area contributed by atoms with Crippen molar-refractivity contribution < 1.29 is 9.59 Å². The Kier molecular flexibility index (Phi) is 6.81. The number of anilines is 2. The van der Waals surface area contributed by atoms with Crippen molar-refractivity contribution in [2.24, 2.45) is 5.92 Å². The number of likely N-dealkylation sites (tertiary alicyclic amines) is 1. The summed E-state index contributed by atoms with van der Waals surface area (Å²) in [4.78, 5) is 26.9. The molecule has 0 unspecified atom stereocenters. The van der Waals surface area contributed by atoms with Crippen LogP contribution in [0.1, 0.15) is 32.3 Å². The lowest BCUT2D eigenvalue weighted by atomic mass is 9.96. The molecule has 7 heteroatoms. The quantitative estimate of drug-likeness (QED) is 0.771. The highest BCUT2D eigenvalue weighted by molar-refractivity contribution is 5.93. The molecule has 1 aliphatic rings. The Morgan fingerprint density at radius 2 is 1.93 bits per heavy atom. The molecule has 7 nitrogen and oxygen atoms in total. The Balaban J connectivity index is 1.43. The van der Waals surface area contributed by atoms with Gasteiger partial charge in [0.2, 0.25) is 11.8 Å². The van der Waals surface area contributed by atoms with Gasteiger partial charge in [-0.1, -0.05) is 19.1 Å². The monoisotopic (exact) mass is 383 g/mol. The van der Waals surface area contributed by atoms with E-state index in [1.54, 1.807) is 10.9 Å². The number of nitrogens with zero attached hydrogens (tertiary/aromatic N) is 3. The summed E-state index contributed by atoms with van der Waals surface area (Å²) in [6.07, 6.45) is 5.97. The Bertz CT molecular complexity index is 809. The van der Waals surface area contributed by atoms with E-state index in [1.807, 2.05) is 31.3 Å². The first-order valence-electron chi connectivity index (χ1n) is 10.0. The molecule has 1 aliphatic heterocycles. The zero-order valence-corrected chi connectivity index (χ0v) is 16.6. The predicted octanol–water partition coefficient (Wildman–Crippen LogP) is 2.75. The lowest BCUT2D eigenvalue weighted by Gasteiger charge is -2.30. The summed E-state index contributed by atoms with van der Waals surface area (Å²) in [7, 11) is 0. The van der Waals surface area contributed by atoms with Gasteiger partial charge in [-0.3, -0.25) is 19.2 Å². The van der Waals surface area contributed by atoms with Crippen molar-refractivity contribution in [1.29, 1.82) is 0 Å². The number of nitrogens with one attached hydrogen (secondary N) is 2. The molecule has 150 valence electrons. The average molecular weight is 383 g/mol. The second-order valence-corrected chi connectivity index (χ2v) is 7.23. The van der Waals surface area contributed by atoms with Crippen molar-refractivity contribution in [2.45, 2.75) is 39.7 Å². The van der Waals surface area contributed by atoms with Gasteiger partial charge in [0.1, 0.15) is 0 Å². The minimum Gasteiger partial charge on any atom is -0.325 e. The fourth-order valence-corrected chi connectivity index (χ4v) is 3.47. The van der Waals surface area contributed by atoms with Crippen LogP contribution in [0, 0.1) is 5.92 Å². The van der Waals surface area contributed by atoms with Crippen LogP contribution in [0.3, 0.4) is 0 Å². The third-order valence-corrected chi connectivity index (χ3v) is 5.17. The molecule has 0 spiro atoms. The van der Waals surface area contributed by atoms with Crippen molar-refractivity contribution >= 4 is 23.2 Å². The van der Waals surface area contributed by atoms with E-state index in [0.29, 0.717) is 6.54 Å². The summed E-state index contributed by atoms with van der Waals surface area (Å²) < 4.78 is 1.78. The number of hydrogen-bond acceptors (Lipinski definition) is 4. The average Bonchev–Trinajstić information content (AvgIpc) is 3.16. The van der Waals surface area contributed by atoms with Crippen LogP contribution in [-0.4, -0.2) is 46.1 Å².